The van der Waals surface area contributed by atoms with Gasteiger partial charge < -0.3 is 29.9 Å². The molecule has 5 N–H and O–H groups in total. The first-order valence-corrected chi connectivity index (χ1v) is 6.12. The summed E-state index contributed by atoms with van der Waals surface area (Å²) in [4.78, 5) is 12.1. The summed E-state index contributed by atoms with van der Waals surface area (Å²) in [7, 11) is 0. The number of hydrogen-bond donors (Lipinski definition) is 5. The minimum Gasteiger partial charge on any atom is -0.508 e. The van der Waals surface area contributed by atoms with E-state index in [2.05, 4.69) is 0 Å². The maximum absolute atomic E-state index is 12.1. The van der Waals surface area contributed by atoms with Crippen molar-refractivity contribution < 1.29 is 49.7 Å². The van der Waals surface area contributed by atoms with Crippen LogP contribution in [0.1, 0.15) is 0 Å². The van der Waals surface area contributed by atoms with E-state index in [9.17, 15) is 30.3 Å². The van der Waals surface area contributed by atoms with Crippen LogP contribution in [0.25, 0.3) is 22.3 Å². The second-order valence-corrected chi connectivity index (χ2v) is 4.65. The van der Waals surface area contributed by atoms with Crippen LogP contribution in [0.2, 0.25) is 0 Å². The Hall–Kier alpha value is -2.71. The fourth-order valence-corrected chi connectivity index (χ4v) is 2.14. The smallest absolute Gasteiger partial charge is 0.238 e. The van der Waals surface area contributed by atoms with E-state index in [0.717, 1.165) is 24.3 Å². The minimum absolute atomic E-state index is 0. The maximum atomic E-state index is 12.1. The average Bonchev–Trinajstić information content (AvgIpc) is 2.45. The van der Waals surface area contributed by atoms with Crippen LogP contribution in [0.5, 0.6) is 28.7 Å². The summed E-state index contributed by atoms with van der Waals surface area (Å²) in [6, 6.07) is 5.64. The van der Waals surface area contributed by atoms with Gasteiger partial charge in [0.1, 0.15) is 22.5 Å². The van der Waals surface area contributed by atoms with Gasteiger partial charge in [0.25, 0.3) is 0 Å². The van der Waals surface area contributed by atoms with E-state index in [1.54, 1.807) is 0 Å². The molecule has 23 heavy (non-hydrogen) atoms. The van der Waals surface area contributed by atoms with Gasteiger partial charge in [0.05, 0.1) is 0 Å². The number of phenolic OH excluding ortho intramolecular Hbond substituents is 4. The zero-order chi connectivity index (χ0) is 16.0. The predicted octanol–water partition coefficient (Wildman–Crippen LogP) is 1.99. The minimum atomic E-state index is -0.888. The summed E-state index contributed by atoms with van der Waals surface area (Å²) >= 11 is 0. The Morgan fingerprint density at radius 3 is 2.17 bits per heavy atom. The number of phenols is 4. The predicted molar refractivity (Wildman–Crippen MR) is 76.2 cm³/mol. The molecule has 0 amide bonds. The summed E-state index contributed by atoms with van der Waals surface area (Å²) in [5.74, 6) is -2.71. The molecule has 0 bridgehead atoms. The molecule has 2 aromatic carbocycles. The van der Waals surface area contributed by atoms with Crippen molar-refractivity contribution in [2.75, 3.05) is 0 Å². The monoisotopic (exact) mass is 494 g/mol. The van der Waals surface area contributed by atoms with Crippen LogP contribution in [0.3, 0.4) is 0 Å². The molecule has 120 valence electrons. The molecular weight excluding hydrogens is 482 g/mol. The van der Waals surface area contributed by atoms with Gasteiger partial charge in [0.15, 0.2) is 17.3 Å². The molecule has 0 aliphatic carbocycles. The maximum Gasteiger partial charge on any atom is 0.238 e. The van der Waals surface area contributed by atoms with Crippen LogP contribution < -0.4 is 5.43 Å². The van der Waals surface area contributed by atoms with Crippen LogP contribution in [0.15, 0.2) is 39.5 Å². The van der Waals surface area contributed by atoms with Crippen LogP contribution >= 0.6 is 0 Å². The standard InChI is InChI=1S/C15H10O7.Os/c16-7-4-10(19)12-11(5-7)22-15(14(21)13(12)20)6-1-2-8(17)9(18)3-6;/h1-5,16-19,21H;. The first-order chi connectivity index (χ1) is 10.4. The zero-order valence-corrected chi connectivity index (χ0v) is 13.8. The molecular formula is C15H10O7Os. The molecule has 8 heteroatoms. The Bertz CT molecular complexity index is 962. The average molecular weight is 492 g/mol. The van der Waals surface area contributed by atoms with Crippen molar-refractivity contribution in [2.24, 2.45) is 0 Å². The van der Waals surface area contributed by atoms with Gasteiger partial charge in [-0.15, -0.1) is 0 Å². The fourth-order valence-electron chi connectivity index (χ4n) is 2.14. The van der Waals surface area contributed by atoms with Gasteiger partial charge in [-0.3, -0.25) is 4.79 Å². The summed E-state index contributed by atoms with van der Waals surface area (Å²) in [5.41, 5.74) is -0.890. The molecule has 7 nitrogen and oxygen atoms in total. The van der Waals surface area contributed by atoms with Gasteiger partial charge >= 0.3 is 0 Å². The van der Waals surface area contributed by atoms with E-state index in [4.69, 9.17) is 4.42 Å². The topological polar surface area (TPSA) is 131 Å². The zero-order valence-electron chi connectivity index (χ0n) is 11.3. The van der Waals surface area contributed by atoms with Crippen LogP contribution in [-0.4, -0.2) is 25.5 Å². The first kappa shape index (κ1) is 16.7. The van der Waals surface area contributed by atoms with Crippen molar-refractivity contribution in [1.29, 1.82) is 0 Å². The molecule has 0 unspecified atom stereocenters. The molecule has 0 atom stereocenters. The van der Waals surface area contributed by atoms with Crippen molar-refractivity contribution in [2.45, 2.75) is 0 Å². The molecule has 3 rings (SSSR count). The van der Waals surface area contributed by atoms with Crippen molar-refractivity contribution in [1.82, 2.24) is 0 Å². The van der Waals surface area contributed by atoms with Gasteiger partial charge in [0.2, 0.25) is 11.2 Å². The van der Waals surface area contributed by atoms with Gasteiger partial charge in [-0.2, -0.15) is 0 Å². The summed E-state index contributed by atoms with van der Waals surface area (Å²) < 4.78 is 5.35. The van der Waals surface area contributed by atoms with Gasteiger partial charge in [-0.05, 0) is 18.2 Å². The van der Waals surface area contributed by atoms with Gasteiger partial charge in [-0.1, -0.05) is 0 Å². The van der Waals surface area contributed by atoms with Gasteiger partial charge in [-0.25, -0.2) is 0 Å². The third-order valence-corrected chi connectivity index (χ3v) is 3.17. The molecule has 0 aliphatic rings. The van der Waals surface area contributed by atoms with E-state index in [1.807, 2.05) is 0 Å². The molecule has 0 aliphatic heterocycles. The van der Waals surface area contributed by atoms with E-state index in [-0.39, 0.29) is 53.6 Å². The summed E-state index contributed by atoms with van der Waals surface area (Å²) in [6.07, 6.45) is 0. The van der Waals surface area contributed by atoms with Crippen molar-refractivity contribution in [3.63, 3.8) is 0 Å². The van der Waals surface area contributed by atoms with Gasteiger partial charge in [0, 0.05) is 37.5 Å². The number of fused-ring (bicyclic) bond motifs is 1. The van der Waals surface area contributed by atoms with Crippen molar-refractivity contribution in [3.05, 3.63) is 40.6 Å². The summed E-state index contributed by atoms with van der Waals surface area (Å²) in [5, 5.41) is 47.6. The van der Waals surface area contributed by atoms with Crippen molar-refractivity contribution in [3.8, 4) is 40.1 Å². The normalized spacial score (nSPS) is 10.4. The Labute approximate surface area is 141 Å². The number of hydrogen-bond acceptors (Lipinski definition) is 7. The molecule has 0 spiro atoms. The summed E-state index contributed by atoms with van der Waals surface area (Å²) in [6.45, 7) is 0. The second-order valence-electron chi connectivity index (χ2n) is 4.65. The Morgan fingerprint density at radius 1 is 0.826 bits per heavy atom. The quantitative estimate of drug-likeness (QED) is 0.328. The fraction of sp³-hybridized carbons (Fsp3) is 0. The second kappa shape index (κ2) is 5.82. The molecule has 3 aromatic rings. The number of benzene rings is 2. The first-order valence-electron chi connectivity index (χ1n) is 6.12. The molecule has 1 heterocycles. The molecule has 0 fully saturated rings. The largest absolute Gasteiger partial charge is 0.508 e. The molecule has 0 saturated heterocycles. The van der Waals surface area contributed by atoms with E-state index in [1.165, 1.54) is 6.07 Å². The van der Waals surface area contributed by atoms with Crippen LogP contribution in [0, 0.1) is 0 Å². The van der Waals surface area contributed by atoms with Crippen LogP contribution in [-0.2, 0) is 19.8 Å². The molecule has 0 saturated carbocycles. The van der Waals surface area contributed by atoms with E-state index >= 15 is 0 Å². The Morgan fingerprint density at radius 2 is 1.52 bits per heavy atom. The molecule has 0 radical (unpaired) electrons. The Kier molecular flexibility index (Phi) is 4.21. The Balaban J connectivity index is 0.00000192. The van der Waals surface area contributed by atoms with Crippen molar-refractivity contribution >= 4 is 11.0 Å². The third-order valence-electron chi connectivity index (χ3n) is 3.17. The van der Waals surface area contributed by atoms with E-state index in [0.29, 0.717) is 0 Å². The SMILES string of the molecule is O=c1c(O)c(-c2ccc(O)c(O)c2)oc2cc(O)cc(O)c12.[Os]. The van der Waals surface area contributed by atoms with E-state index < -0.39 is 22.7 Å². The molecule has 1 aromatic heterocycles. The number of rotatable bonds is 1. The number of aromatic hydroxyl groups is 5. The third kappa shape index (κ3) is 2.69. The van der Waals surface area contributed by atoms with Crippen LogP contribution in [0.4, 0.5) is 0 Å².